The van der Waals surface area contributed by atoms with Gasteiger partial charge in [-0.05, 0) is 27.7 Å². The van der Waals surface area contributed by atoms with Crippen LogP contribution in [0.3, 0.4) is 0 Å². The maximum absolute atomic E-state index is 12.3. The molecule has 20 heavy (non-hydrogen) atoms. The Labute approximate surface area is 125 Å². The number of Topliss-reactive ketones (excluding diaryl/α,β-unsaturated/α-hetero) is 1. The lowest BCUT2D eigenvalue weighted by molar-refractivity contribution is 0.0984. The molecule has 0 spiro atoms. The highest BCUT2D eigenvalue weighted by Gasteiger charge is 2.24. The van der Waals surface area contributed by atoms with Gasteiger partial charge >= 0.3 is 0 Å². The third-order valence-electron chi connectivity index (χ3n) is 2.56. The average molecular weight is 301 g/mol. The van der Waals surface area contributed by atoms with Gasteiger partial charge in [0.15, 0.2) is 5.78 Å². The second-order valence-corrected chi connectivity index (χ2v) is 4.73. The number of benzene rings is 1. The van der Waals surface area contributed by atoms with Crippen LogP contribution in [0.5, 0.6) is 17.2 Å². The fraction of sp³-hybridized carbons (Fsp3) is 0.533. The predicted molar refractivity (Wildman–Crippen MR) is 79.6 cm³/mol. The standard InChI is InChI=1S/C15H21ClO4/c1-5-18-11-8-12(19-6-2)14(15(17)10(4)16)13(9-11)20-7-3/h8-10H,5-7H2,1-4H3. The first kappa shape index (κ1) is 16.6. The van der Waals surface area contributed by atoms with Crippen LogP contribution >= 0.6 is 11.6 Å². The highest BCUT2D eigenvalue weighted by Crippen LogP contribution is 2.36. The number of ether oxygens (including phenoxy) is 3. The van der Waals surface area contributed by atoms with Gasteiger partial charge in [0, 0.05) is 12.1 Å². The molecule has 0 aliphatic carbocycles. The summed E-state index contributed by atoms with van der Waals surface area (Å²) in [6, 6.07) is 3.39. The summed E-state index contributed by atoms with van der Waals surface area (Å²) in [6.07, 6.45) is 0. The number of alkyl halides is 1. The number of carbonyl (C=O) groups is 1. The van der Waals surface area contributed by atoms with Gasteiger partial charge in [0.05, 0.1) is 25.2 Å². The molecule has 0 N–H and O–H groups in total. The minimum atomic E-state index is -0.647. The Kier molecular flexibility index (Phi) is 6.65. The molecule has 5 heteroatoms. The van der Waals surface area contributed by atoms with Gasteiger partial charge in [-0.25, -0.2) is 0 Å². The maximum atomic E-state index is 12.3. The van der Waals surface area contributed by atoms with E-state index in [1.165, 1.54) is 0 Å². The van der Waals surface area contributed by atoms with E-state index in [-0.39, 0.29) is 5.78 Å². The molecule has 0 aliphatic rings. The Hall–Kier alpha value is -1.42. The molecular weight excluding hydrogens is 280 g/mol. The number of halogens is 1. The van der Waals surface area contributed by atoms with E-state index < -0.39 is 5.38 Å². The molecule has 0 radical (unpaired) electrons. The predicted octanol–water partition coefficient (Wildman–Crippen LogP) is 3.69. The molecule has 0 fully saturated rings. The first-order chi connectivity index (χ1) is 9.54. The van der Waals surface area contributed by atoms with Crippen molar-refractivity contribution in [3.8, 4) is 17.2 Å². The first-order valence-corrected chi connectivity index (χ1v) is 7.23. The Morgan fingerprint density at radius 3 is 1.85 bits per heavy atom. The monoisotopic (exact) mass is 300 g/mol. The van der Waals surface area contributed by atoms with Crippen molar-refractivity contribution in [3.63, 3.8) is 0 Å². The van der Waals surface area contributed by atoms with Gasteiger partial charge < -0.3 is 14.2 Å². The van der Waals surface area contributed by atoms with Gasteiger partial charge in [0.2, 0.25) is 0 Å². The Morgan fingerprint density at radius 2 is 1.50 bits per heavy atom. The fourth-order valence-corrected chi connectivity index (χ4v) is 1.91. The van der Waals surface area contributed by atoms with Crippen molar-refractivity contribution in [3.05, 3.63) is 17.7 Å². The van der Waals surface area contributed by atoms with Crippen molar-refractivity contribution in [2.75, 3.05) is 19.8 Å². The number of carbonyl (C=O) groups excluding carboxylic acids is 1. The van der Waals surface area contributed by atoms with Crippen molar-refractivity contribution in [1.29, 1.82) is 0 Å². The quantitative estimate of drug-likeness (QED) is 0.542. The van der Waals surface area contributed by atoms with Gasteiger partial charge in [-0.1, -0.05) is 0 Å². The van der Waals surface area contributed by atoms with Crippen LogP contribution in [0.2, 0.25) is 0 Å². The van der Waals surface area contributed by atoms with E-state index in [1.54, 1.807) is 19.1 Å². The van der Waals surface area contributed by atoms with Gasteiger partial charge in [0.1, 0.15) is 22.8 Å². The summed E-state index contributed by atoms with van der Waals surface area (Å²) in [5.74, 6) is 1.28. The molecule has 1 aromatic rings. The molecule has 0 saturated carbocycles. The zero-order valence-corrected chi connectivity index (χ0v) is 13.1. The molecule has 0 amide bonds. The van der Waals surface area contributed by atoms with E-state index in [2.05, 4.69) is 0 Å². The number of ketones is 1. The molecule has 1 unspecified atom stereocenters. The zero-order valence-electron chi connectivity index (χ0n) is 12.4. The normalized spacial score (nSPS) is 11.8. The van der Waals surface area contributed by atoms with Crippen LogP contribution < -0.4 is 14.2 Å². The number of rotatable bonds is 8. The van der Waals surface area contributed by atoms with Crippen LogP contribution in [-0.2, 0) is 0 Å². The van der Waals surface area contributed by atoms with Gasteiger partial charge in [-0.3, -0.25) is 4.79 Å². The maximum Gasteiger partial charge on any atom is 0.187 e. The molecule has 1 atom stereocenters. The van der Waals surface area contributed by atoms with E-state index in [9.17, 15) is 4.79 Å². The lowest BCUT2D eigenvalue weighted by atomic mass is 10.1. The second kappa shape index (κ2) is 8.00. The second-order valence-electron chi connectivity index (χ2n) is 4.07. The molecule has 1 rings (SSSR count). The topological polar surface area (TPSA) is 44.8 Å². The molecular formula is C15H21ClO4. The average Bonchev–Trinajstić information content (AvgIpc) is 2.39. The minimum Gasteiger partial charge on any atom is -0.494 e. The molecule has 4 nitrogen and oxygen atoms in total. The van der Waals surface area contributed by atoms with E-state index >= 15 is 0 Å². The Balaban J connectivity index is 3.37. The third-order valence-corrected chi connectivity index (χ3v) is 2.76. The van der Waals surface area contributed by atoms with Crippen LogP contribution in [0.4, 0.5) is 0 Å². The lowest BCUT2D eigenvalue weighted by Gasteiger charge is -2.17. The number of hydrogen-bond donors (Lipinski definition) is 0. The Morgan fingerprint density at radius 1 is 1.05 bits per heavy atom. The Bertz CT molecular complexity index is 430. The van der Waals surface area contributed by atoms with Gasteiger partial charge in [-0.15, -0.1) is 11.6 Å². The van der Waals surface area contributed by atoms with E-state index in [4.69, 9.17) is 25.8 Å². The number of hydrogen-bond acceptors (Lipinski definition) is 4. The van der Waals surface area contributed by atoms with Crippen LogP contribution in [0.15, 0.2) is 12.1 Å². The lowest BCUT2D eigenvalue weighted by Crippen LogP contribution is -2.15. The van der Waals surface area contributed by atoms with E-state index in [0.29, 0.717) is 42.6 Å². The molecule has 0 heterocycles. The van der Waals surface area contributed by atoms with Crippen molar-refractivity contribution in [2.24, 2.45) is 0 Å². The summed E-state index contributed by atoms with van der Waals surface area (Å²) in [5.41, 5.74) is 0.375. The van der Waals surface area contributed by atoms with E-state index in [1.807, 2.05) is 20.8 Å². The molecule has 0 saturated heterocycles. The molecule has 1 aromatic carbocycles. The summed E-state index contributed by atoms with van der Waals surface area (Å²) >= 11 is 5.92. The van der Waals surface area contributed by atoms with E-state index in [0.717, 1.165) is 0 Å². The molecule has 0 aromatic heterocycles. The first-order valence-electron chi connectivity index (χ1n) is 6.79. The highest BCUT2D eigenvalue weighted by atomic mass is 35.5. The van der Waals surface area contributed by atoms with Gasteiger partial charge in [0.25, 0.3) is 0 Å². The van der Waals surface area contributed by atoms with Crippen LogP contribution in [0.25, 0.3) is 0 Å². The largest absolute Gasteiger partial charge is 0.494 e. The summed E-state index contributed by atoms with van der Waals surface area (Å²) < 4.78 is 16.6. The summed E-state index contributed by atoms with van der Waals surface area (Å²) in [7, 11) is 0. The van der Waals surface area contributed by atoms with Gasteiger partial charge in [-0.2, -0.15) is 0 Å². The van der Waals surface area contributed by atoms with Crippen molar-refractivity contribution >= 4 is 17.4 Å². The van der Waals surface area contributed by atoms with Crippen molar-refractivity contribution in [2.45, 2.75) is 33.1 Å². The highest BCUT2D eigenvalue weighted by molar-refractivity contribution is 6.34. The smallest absolute Gasteiger partial charge is 0.187 e. The zero-order chi connectivity index (χ0) is 15.1. The van der Waals surface area contributed by atoms with Crippen LogP contribution in [0, 0.1) is 0 Å². The third kappa shape index (κ3) is 4.04. The van der Waals surface area contributed by atoms with Crippen molar-refractivity contribution < 1.29 is 19.0 Å². The molecule has 0 bridgehead atoms. The summed E-state index contributed by atoms with van der Waals surface area (Å²) in [6.45, 7) is 8.64. The minimum absolute atomic E-state index is 0.221. The SMILES string of the molecule is CCOc1cc(OCC)c(C(=O)C(C)Cl)c(OCC)c1. The van der Waals surface area contributed by atoms with Crippen LogP contribution in [0.1, 0.15) is 38.1 Å². The van der Waals surface area contributed by atoms with Crippen molar-refractivity contribution in [1.82, 2.24) is 0 Å². The molecule has 112 valence electrons. The summed E-state index contributed by atoms with van der Waals surface area (Å²) in [5, 5.41) is -0.647. The summed E-state index contributed by atoms with van der Waals surface area (Å²) in [4.78, 5) is 12.3. The molecule has 0 aliphatic heterocycles. The fourth-order valence-electron chi connectivity index (χ4n) is 1.80. The van der Waals surface area contributed by atoms with Crippen LogP contribution in [-0.4, -0.2) is 31.0 Å².